The van der Waals surface area contributed by atoms with E-state index < -0.39 is 5.16 Å². The molecule has 32 heavy (non-hydrogen) atoms. The fourth-order valence-electron chi connectivity index (χ4n) is 4.53. The van der Waals surface area contributed by atoms with Crippen molar-refractivity contribution in [3.05, 3.63) is 156 Å². The van der Waals surface area contributed by atoms with Crippen molar-refractivity contribution >= 4 is 9.24 Å². The molecule has 5 aromatic carbocycles. The van der Waals surface area contributed by atoms with Gasteiger partial charge >= 0.3 is 0 Å². The Morgan fingerprint density at radius 2 is 0.844 bits per heavy atom. The fraction of sp³-hybridized carbons (Fsp3) is 0.0323. The van der Waals surface area contributed by atoms with Gasteiger partial charge in [0.1, 0.15) is 0 Å². The summed E-state index contributed by atoms with van der Waals surface area (Å²) in [6, 6.07) is 49.7. The molecule has 0 N–H and O–H groups in total. The number of hydrogen-bond donors (Lipinski definition) is 0. The molecule has 0 saturated carbocycles. The van der Waals surface area contributed by atoms with Crippen LogP contribution in [-0.4, -0.2) is 0 Å². The van der Waals surface area contributed by atoms with Gasteiger partial charge in [-0.2, -0.15) is 0 Å². The summed E-state index contributed by atoms with van der Waals surface area (Å²) in [5.41, 5.74) is 8.72. The lowest BCUT2D eigenvalue weighted by atomic mass is 9.78. The molecule has 0 bridgehead atoms. The van der Waals surface area contributed by atoms with E-state index >= 15 is 0 Å². The normalized spacial score (nSPS) is 11.3. The van der Waals surface area contributed by atoms with Crippen molar-refractivity contribution in [1.82, 2.24) is 0 Å². The lowest BCUT2D eigenvalue weighted by molar-refractivity contribution is 0.899. The molecule has 1 heteroatoms. The van der Waals surface area contributed by atoms with Crippen molar-refractivity contribution in [2.45, 2.75) is 5.16 Å². The van der Waals surface area contributed by atoms with Gasteiger partial charge in [0.15, 0.2) is 0 Å². The Bertz CT molecular complexity index is 1250. The van der Waals surface area contributed by atoms with E-state index in [0.29, 0.717) is 0 Å². The second-order valence-electron chi connectivity index (χ2n) is 8.00. The first kappa shape index (κ1) is 20.4. The maximum atomic E-state index is 3.20. The van der Waals surface area contributed by atoms with Crippen molar-refractivity contribution < 1.29 is 0 Å². The van der Waals surface area contributed by atoms with Gasteiger partial charge in [-0.1, -0.05) is 140 Å². The van der Waals surface area contributed by atoms with Crippen molar-refractivity contribution in [1.29, 1.82) is 0 Å². The minimum Gasteiger partial charge on any atom is -0.117 e. The third-order valence-corrected chi connectivity index (χ3v) is 7.07. The second-order valence-corrected chi connectivity index (χ2v) is 8.87. The maximum absolute atomic E-state index is 3.20. The molecule has 0 heterocycles. The summed E-state index contributed by atoms with van der Waals surface area (Å²) >= 11 is 0. The summed E-state index contributed by atoms with van der Waals surface area (Å²) in [5.74, 6) is 0. The van der Waals surface area contributed by atoms with Crippen LogP contribution in [0.2, 0.25) is 0 Å². The van der Waals surface area contributed by atoms with Crippen LogP contribution in [-0.2, 0) is 5.16 Å². The summed E-state index contributed by atoms with van der Waals surface area (Å²) in [6.45, 7) is 0. The Labute approximate surface area is 192 Å². The molecule has 0 aromatic heterocycles. The third-order valence-electron chi connectivity index (χ3n) is 6.09. The van der Waals surface area contributed by atoms with E-state index in [4.69, 9.17) is 0 Å². The van der Waals surface area contributed by atoms with Gasteiger partial charge in [0.25, 0.3) is 0 Å². The molecule has 0 fully saturated rings. The molecule has 5 rings (SSSR count). The van der Waals surface area contributed by atoms with E-state index in [0.717, 1.165) is 0 Å². The van der Waals surface area contributed by atoms with Gasteiger partial charge in [-0.3, -0.25) is 0 Å². The van der Waals surface area contributed by atoms with Crippen LogP contribution in [0.25, 0.3) is 22.3 Å². The Morgan fingerprint density at radius 1 is 0.406 bits per heavy atom. The van der Waals surface area contributed by atoms with Gasteiger partial charge in [-0.05, 0) is 38.9 Å². The zero-order valence-electron chi connectivity index (χ0n) is 17.9. The largest absolute Gasteiger partial charge is 0.117 e. The molecule has 0 aliphatic heterocycles. The summed E-state index contributed by atoms with van der Waals surface area (Å²) in [7, 11) is 3.20. The summed E-state index contributed by atoms with van der Waals surface area (Å²) in [5, 5.41) is -0.390. The van der Waals surface area contributed by atoms with Crippen molar-refractivity contribution in [3.8, 4) is 22.3 Å². The van der Waals surface area contributed by atoms with E-state index in [1.807, 2.05) is 0 Å². The van der Waals surface area contributed by atoms with Crippen LogP contribution in [0.5, 0.6) is 0 Å². The SMILES string of the molecule is PC(c1ccccc1)(c1ccccc1)c1cccc(-c2ccccc2)c1-c1ccccc1. The van der Waals surface area contributed by atoms with E-state index in [9.17, 15) is 0 Å². The smallest absolute Gasteiger partial charge is 0.0597 e. The minimum absolute atomic E-state index is 0.390. The molecule has 0 spiro atoms. The lowest BCUT2D eigenvalue weighted by Gasteiger charge is -2.34. The van der Waals surface area contributed by atoms with Crippen LogP contribution in [0.4, 0.5) is 0 Å². The first-order valence-corrected chi connectivity index (χ1v) is 11.5. The molecule has 0 aliphatic rings. The van der Waals surface area contributed by atoms with Gasteiger partial charge in [0.2, 0.25) is 0 Å². The molecule has 0 nitrogen and oxygen atoms in total. The first-order chi connectivity index (χ1) is 15.8. The maximum Gasteiger partial charge on any atom is 0.0597 e. The van der Waals surface area contributed by atoms with Crippen molar-refractivity contribution in [2.75, 3.05) is 0 Å². The Kier molecular flexibility index (Phi) is 5.71. The van der Waals surface area contributed by atoms with Gasteiger partial charge in [-0.25, -0.2) is 0 Å². The summed E-state index contributed by atoms with van der Waals surface area (Å²) in [4.78, 5) is 0. The van der Waals surface area contributed by atoms with Gasteiger partial charge < -0.3 is 0 Å². The predicted octanol–water partition coefficient (Wildman–Crippen LogP) is 8.19. The molecular formula is C31H25P. The molecule has 0 radical (unpaired) electrons. The van der Waals surface area contributed by atoms with E-state index in [-0.39, 0.29) is 0 Å². The monoisotopic (exact) mass is 428 g/mol. The van der Waals surface area contributed by atoms with Crippen LogP contribution in [0, 0.1) is 0 Å². The van der Waals surface area contributed by atoms with Gasteiger partial charge in [0, 0.05) is 0 Å². The van der Waals surface area contributed by atoms with E-state index in [1.54, 1.807) is 0 Å². The molecular weight excluding hydrogens is 403 g/mol. The standard InChI is InChI=1S/C31H25P/c32-31(26-18-9-3-10-19-26,27-20-11-4-12-21-27)29-23-13-22-28(24-14-5-1-6-15-24)30(29)25-16-7-2-8-17-25/h1-23H,32H2. The Hall–Kier alpha value is -3.47. The van der Waals surface area contributed by atoms with Crippen LogP contribution in [0.1, 0.15) is 16.7 Å². The number of rotatable bonds is 5. The van der Waals surface area contributed by atoms with Gasteiger partial charge in [-0.15, -0.1) is 9.24 Å². The third kappa shape index (κ3) is 3.68. The fourth-order valence-corrected chi connectivity index (χ4v) is 5.16. The summed E-state index contributed by atoms with van der Waals surface area (Å²) < 4.78 is 0. The number of hydrogen-bond acceptors (Lipinski definition) is 0. The highest BCUT2D eigenvalue weighted by Gasteiger charge is 2.34. The average molecular weight is 429 g/mol. The van der Waals surface area contributed by atoms with Crippen LogP contribution >= 0.6 is 9.24 Å². The molecule has 1 unspecified atom stereocenters. The van der Waals surface area contributed by atoms with E-state index in [1.165, 1.54) is 38.9 Å². The summed E-state index contributed by atoms with van der Waals surface area (Å²) in [6.07, 6.45) is 0. The Morgan fingerprint density at radius 3 is 1.34 bits per heavy atom. The zero-order chi connectivity index (χ0) is 21.8. The first-order valence-electron chi connectivity index (χ1n) is 10.9. The van der Waals surface area contributed by atoms with Crippen molar-refractivity contribution in [3.63, 3.8) is 0 Å². The zero-order valence-corrected chi connectivity index (χ0v) is 19.0. The quantitative estimate of drug-likeness (QED) is 0.196. The van der Waals surface area contributed by atoms with Crippen LogP contribution < -0.4 is 0 Å². The molecule has 0 aliphatic carbocycles. The van der Waals surface area contributed by atoms with Crippen LogP contribution in [0.15, 0.2) is 140 Å². The van der Waals surface area contributed by atoms with Crippen LogP contribution in [0.3, 0.4) is 0 Å². The molecule has 5 aromatic rings. The molecule has 0 amide bonds. The minimum atomic E-state index is -0.390. The highest BCUT2D eigenvalue weighted by Crippen LogP contribution is 2.50. The highest BCUT2D eigenvalue weighted by atomic mass is 31.0. The molecule has 1 atom stereocenters. The molecule has 154 valence electrons. The van der Waals surface area contributed by atoms with Gasteiger partial charge in [0.05, 0.1) is 5.16 Å². The average Bonchev–Trinajstić information content (AvgIpc) is 2.90. The molecule has 0 saturated heterocycles. The second kappa shape index (κ2) is 8.95. The Balaban J connectivity index is 1.88. The van der Waals surface area contributed by atoms with E-state index in [2.05, 4.69) is 149 Å². The topological polar surface area (TPSA) is 0 Å². The number of benzene rings is 5. The highest BCUT2D eigenvalue weighted by molar-refractivity contribution is 7.19. The van der Waals surface area contributed by atoms with Crippen molar-refractivity contribution in [2.24, 2.45) is 0 Å². The predicted molar refractivity (Wildman–Crippen MR) is 140 cm³/mol. The lowest BCUT2D eigenvalue weighted by Crippen LogP contribution is -2.23.